The first-order valence-corrected chi connectivity index (χ1v) is 7.02. The van der Waals surface area contributed by atoms with Crippen LogP contribution in [0.1, 0.15) is 39.2 Å². The molecule has 0 bridgehead atoms. The number of rotatable bonds is 6. The first-order chi connectivity index (χ1) is 9.47. The Balaban J connectivity index is 2.71. The molecule has 0 spiro atoms. The summed E-state index contributed by atoms with van der Waals surface area (Å²) in [4.78, 5) is 12.0. The fourth-order valence-corrected chi connectivity index (χ4v) is 1.96. The van der Waals surface area contributed by atoms with Crippen molar-refractivity contribution >= 4 is 17.5 Å². The van der Waals surface area contributed by atoms with Crippen molar-refractivity contribution in [3.8, 4) is 11.8 Å². The number of carbonyl (C=O) groups excluding carboxylic acids is 1. The molecular weight excluding hydrogens is 276 g/mol. The van der Waals surface area contributed by atoms with Crippen LogP contribution < -0.4 is 10.1 Å². The van der Waals surface area contributed by atoms with Crippen LogP contribution in [0.2, 0.25) is 5.02 Å². The topological polar surface area (TPSA) is 62.1 Å². The van der Waals surface area contributed by atoms with Crippen LogP contribution in [0.5, 0.6) is 5.75 Å². The van der Waals surface area contributed by atoms with Gasteiger partial charge in [0.25, 0.3) is 5.91 Å². The van der Waals surface area contributed by atoms with E-state index in [2.05, 4.69) is 12.2 Å². The highest BCUT2D eigenvalue weighted by atomic mass is 35.5. The smallest absolute Gasteiger partial charge is 0.260 e. The van der Waals surface area contributed by atoms with Crippen LogP contribution in [0.4, 0.5) is 0 Å². The average Bonchev–Trinajstić information content (AvgIpc) is 2.39. The minimum Gasteiger partial charge on any atom is -0.479 e. The second-order valence-corrected chi connectivity index (χ2v) is 5.15. The van der Waals surface area contributed by atoms with Gasteiger partial charge in [-0.25, -0.2) is 0 Å². The number of nitriles is 1. The summed E-state index contributed by atoms with van der Waals surface area (Å²) < 4.78 is 5.54. The average molecular weight is 295 g/mol. The molecule has 0 radical (unpaired) electrons. The Hall–Kier alpha value is -1.73. The molecule has 0 aromatic heterocycles. The molecule has 0 saturated heterocycles. The van der Waals surface area contributed by atoms with Gasteiger partial charge in [0.2, 0.25) is 0 Å². The fraction of sp³-hybridized carbons (Fsp3) is 0.467. The summed E-state index contributed by atoms with van der Waals surface area (Å²) in [5, 5.41) is 12.3. The predicted molar refractivity (Wildman–Crippen MR) is 78.8 cm³/mol. The van der Waals surface area contributed by atoms with Gasteiger partial charge in [-0.2, -0.15) is 5.26 Å². The molecule has 0 saturated carbocycles. The number of halogens is 1. The highest BCUT2D eigenvalue weighted by Crippen LogP contribution is 2.23. The van der Waals surface area contributed by atoms with Gasteiger partial charge in [-0.15, -0.1) is 0 Å². The SMILES string of the molecule is CCCC(C)NC(=O)C(C)Oc1cc(Cl)ccc1C#N. The summed E-state index contributed by atoms with van der Waals surface area (Å²) in [6.07, 6.45) is 1.24. The van der Waals surface area contributed by atoms with Crippen LogP contribution in [-0.2, 0) is 4.79 Å². The van der Waals surface area contributed by atoms with E-state index in [0.717, 1.165) is 12.8 Å². The highest BCUT2D eigenvalue weighted by molar-refractivity contribution is 6.30. The van der Waals surface area contributed by atoms with Crippen LogP contribution in [-0.4, -0.2) is 18.1 Å². The lowest BCUT2D eigenvalue weighted by Gasteiger charge is -2.19. The molecule has 1 aromatic rings. The normalized spacial score (nSPS) is 13.2. The van der Waals surface area contributed by atoms with E-state index in [1.807, 2.05) is 13.0 Å². The van der Waals surface area contributed by atoms with Crippen LogP contribution in [0, 0.1) is 11.3 Å². The highest BCUT2D eigenvalue weighted by Gasteiger charge is 2.18. The van der Waals surface area contributed by atoms with Crippen molar-refractivity contribution in [2.45, 2.75) is 45.8 Å². The molecule has 20 heavy (non-hydrogen) atoms. The zero-order chi connectivity index (χ0) is 15.1. The van der Waals surface area contributed by atoms with Gasteiger partial charge in [-0.1, -0.05) is 24.9 Å². The van der Waals surface area contributed by atoms with Gasteiger partial charge < -0.3 is 10.1 Å². The number of nitrogens with one attached hydrogen (secondary N) is 1. The summed E-state index contributed by atoms with van der Waals surface area (Å²) in [5.74, 6) is 0.126. The lowest BCUT2D eigenvalue weighted by Crippen LogP contribution is -2.41. The summed E-state index contributed by atoms with van der Waals surface area (Å²) in [6.45, 7) is 5.66. The number of amides is 1. The van der Waals surface area contributed by atoms with Crippen molar-refractivity contribution in [2.24, 2.45) is 0 Å². The van der Waals surface area contributed by atoms with E-state index in [-0.39, 0.29) is 11.9 Å². The molecule has 5 heteroatoms. The maximum Gasteiger partial charge on any atom is 0.260 e. The number of benzene rings is 1. The van der Waals surface area contributed by atoms with E-state index in [4.69, 9.17) is 21.6 Å². The number of ether oxygens (including phenoxy) is 1. The predicted octanol–water partition coefficient (Wildman–Crippen LogP) is 3.28. The molecule has 1 aromatic carbocycles. The van der Waals surface area contributed by atoms with Crippen molar-refractivity contribution < 1.29 is 9.53 Å². The number of hydrogen-bond donors (Lipinski definition) is 1. The third-order valence-electron chi connectivity index (χ3n) is 2.85. The molecule has 0 aliphatic carbocycles. The molecule has 108 valence electrons. The monoisotopic (exact) mass is 294 g/mol. The molecule has 1 N–H and O–H groups in total. The van der Waals surface area contributed by atoms with E-state index in [0.29, 0.717) is 16.3 Å². The van der Waals surface area contributed by atoms with Crippen molar-refractivity contribution in [1.29, 1.82) is 5.26 Å². The van der Waals surface area contributed by atoms with Gasteiger partial charge in [-0.3, -0.25) is 4.79 Å². The second kappa shape index (κ2) is 7.76. The minimum absolute atomic E-state index is 0.105. The van der Waals surface area contributed by atoms with Crippen LogP contribution in [0.25, 0.3) is 0 Å². The summed E-state index contributed by atoms with van der Waals surface area (Å²) in [6, 6.07) is 6.84. The number of nitrogens with zero attached hydrogens (tertiary/aromatic N) is 1. The molecule has 4 nitrogen and oxygen atoms in total. The second-order valence-electron chi connectivity index (χ2n) is 4.71. The number of hydrogen-bond acceptors (Lipinski definition) is 3. The minimum atomic E-state index is -0.681. The van der Waals surface area contributed by atoms with Crippen LogP contribution >= 0.6 is 11.6 Å². The largest absolute Gasteiger partial charge is 0.479 e. The molecule has 0 aliphatic rings. The number of carbonyl (C=O) groups is 1. The molecule has 2 atom stereocenters. The molecule has 0 heterocycles. The van der Waals surface area contributed by atoms with Gasteiger partial charge in [-0.05, 0) is 32.4 Å². The zero-order valence-electron chi connectivity index (χ0n) is 11.9. The van der Waals surface area contributed by atoms with Crippen molar-refractivity contribution in [3.05, 3.63) is 28.8 Å². The van der Waals surface area contributed by atoms with Gasteiger partial charge in [0.1, 0.15) is 11.8 Å². The Bertz CT molecular complexity index is 511. The van der Waals surface area contributed by atoms with Crippen molar-refractivity contribution in [1.82, 2.24) is 5.32 Å². The summed E-state index contributed by atoms with van der Waals surface area (Å²) in [5.41, 5.74) is 0.357. The van der Waals surface area contributed by atoms with Crippen LogP contribution in [0.3, 0.4) is 0 Å². The third-order valence-corrected chi connectivity index (χ3v) is 3.08. The van der Waals surface area contributed by atoms with Gasteiger partial charge in [0.15, 0.2) is 6.10 Å². The first kappa shape index (κ1) is 16.3. The van der Waals surface area contributed by atoms with E-state index in [1.54, 1.807) is 25.1 Å². The van der Waals surface area contributed by atoms with Crippen molar-refractivity contribution in [2.75, 3.05) is 0 Å². The van der Waals surface area contributed by atoms with E-state index >= 15 is 0 Å². The molecular formula is C15H19ClN2O2. The third kappa shape index (κ3) is 4.75. The maximum atomic E-state index is 12.0. The molecule has 0 fully saturated rings. The fourth-order valence-electron chi connectivity index (χ4n) is 1.80. The van der Waals surface area contributed by atoms with Gasteiger partial charge in [0, 0.05) is 17.1 Å². The van der Waals surface area contributed by atoms with Crippen LogP contribution in [0.15, 0.2) is 18.2 Å². The molecule has 0 aliphatic heterocycles. The lowest BCUT2D eigenvalue weighted by atomic mass is 10.2. The zero-order valence-corrected chi connectivity index (χ0v) is 12.7. The van der Waals surface area contributed by atoms with Crippen molar-refractivity contribution in [3.63, 3.8) is 0 Å². The first-order valence-electron chi connectivity index (χ1n) is 6.64. The Morgan fingerprint density at radius 2 is 2.20 bits per heavy atom. The Labute approximate surface area is 124 Å². The van der Waals surface area contributed by atoms with E-state index in [1.165, 1.54) is 0 Å². The Kier molecular flexibility index (Phi) is 6.33. The molecule has 1 amide bonds. The lowest BCUT2D eigenvalue weighted by molar-refractivity contribution is -0.127. The maximum absolute atomic E-state index is 12.0. The quantitative estimate of drug-likeness (QED) is 0.876. The Morgan fingerprint density at radius 1 is 1.50 bits per heavy atom. The summed E-state index contributed by atoms with van der Waals surface area (Å²) >= 11 is 5.87. The van der Waals surface area contributed by atoms with Gasteiger partial charge >= 0.3 is 0 Å². The Morgan fingerprint density at radius 3 is 2.80 bits per heavy atom. The van der Waals surface area contributed by atoms with E-state index in [9.17, 15) is 4.79 Å². The summed E-state index contributed by atoms with van der Waals surface area (Å²) in [7, 11) is 0. The molecule has 1 rings (SSSR count). The standard InChI is InChI=1S/C15H19ClN2O2/c1-4-5-10(2)18-15(19)11(3)20-14-8-13(16)7-6-12(14)9-17/h6-8,10-11H,4-5H2,1-3H3,(H,18,19). The van der Waals surface area contributed by atoms with E-state index < -0.39 is 6.10 Å². The van der Waals surface area contributed by atoms with Gasteiger partial charge in [0.05, 0.1) is 5.56 Å². The molecule has 2 unspecified atom stereocenters.